The van der Waals surface area contributed by atoms with E-state index in [0.29, 0.717) is 11.8 Å². The zero-order chi connectivity index (χ0) is 15.9. The largest absolute Gasteiger partial charge is 0.295 e. The fourth-order valence-electron chi connectivity index (χ4n) is 2.73. The number of hydrazone groups is 1. The molecule has 1 aromatic rings. The summed E-state index contributed by atoms with van der Waals surface area (Å²) in [6.45, 7) is 0. The van der Waals surface area contributed by atoms with Crippen LogP contribution in [-0.2, 0) is 10.0 Å². The number of sulfonamides is 1. The molecular weight excluding hydrogens is 308 g/mol. The third-order valence-corrected chi connectivity index (χ3v) is 4.89. The Morgan fingerprint density at radius 3 is 2.82 bits per heavy atom. The van der Waals surface area contributed by atoms with E-state index >= 15 is 0 Å². The van der Waals surface area contributed by atoms with E-state index in [4.69, 9.17) is 5.14 Å². The topological polar surface area (TPSA) is 128 Å². The molecule has 1 saturated carbocycles. The molecule has 22 heavy (non-hydrogen) atoms. The highest BCUT2D eigenvalue weighted by atomic mass is 32.2. The van der Waals surface area contributed by atoms with E-state index in [1.165, 1.54) is 12.1 Å². The van der Waals surface area contributed by atoms with Crippen molar-refractivity contribution in [2.45, 2.75) is 17.7 Å². The van der Waals surface area contributed by atoms with E-state index in [0.717, 1.165) is 24.6 Å². The third-order valence-electron chi connectivity index (χ3n) is 3.98. The van der Waals surface area contributed by atoms with Crippen LogP contribution in [0.4, 0.5) is 11.4 Å². The maximum Gasteiger partial charge on any atom is 0.295 e. The van der Waals surface area contributed by atoms with E-state index in [1.807, 2.05) is 0 Å². The first-order chi connectivity index (χ1) is 10.4. The second-order valence-electron chi connectivity index (χ2n) is 5.33. The van der Waals surface area contributed by atoms with Gasteiger partial charge in [0.1, 0.15) is 5.69 Å². The maximum atomic E-state index is 11.3. The molecule has 0 spiro atoms. The lowest BCUT2D eigenvalue weighted by Gasteiger charge is -2.31. The zero-order valence-corrected chi connectivity index (χ0v) is 12.3. The fraction of sp³-hybridized carbons (Fsp3) is 0.308. The van der Waals surface area contributed by atoms with Crippen molar-refractivity contribution in [3.63, 3.8) is 0 Å². The molecule has 1 fully saturated rings. The molecule has 0 aliphatic heterocycles. The number of fused-ring (bicyclic) bond motifs is 1. The Kier molecular flexibility index (Phi) is 3.45. The Balaban J connectivity index is 1.84. The Hall–Kier alpha value is -2.26. The van der Waals surface area contributed by atoms with Gasteiger partial charge in [-0.3, -0.25) is 15.5 Å². The van der Waals surface area contributed by atoms with Gasteiger partial charge in [0.15, 0.2) is 0 Å². The van der Waals surface area contributed by atoms with E-state index in [9.17, 15) is 18.5 Å². The van der Waals surface area contributed by atoms with Gasteiger partial charge in [-0.2, -0.15) is 5.10 Å². The number of anilines is 1. The lowest BCUT2D eigenvalue weighted by molar-refractivity contribution is -0.384. The summed E-state index contributed by atoms with van der Waals surface area (Å²) in [4.78, 5) is 10.1. The van der Waals surface area contributed by atoms with Crippen molar-refractivity contribution >= 4 is 27.1 Å². The minimum atomic E-state index is -3.99. The molecule has 3 N–H and O–H groups in total. The van der Waals surface area contributed by atoms with Crippen LogP contribution in [-0.4, -0.2) is 19.1 Å². The quantitative estimate of drug-likeness (QED) is 0.494. The SMILES string of the molecule is NS(=O)(=O)c1ccc(N/N=C2/C[C@H]3C=CC[C@H]23)c([N+](=O)[O-])c1. The number of nitrogens with two attached hydrogens (primary N) is 1. The van der Waals surface area contributed by atoms with Crippen LogP contribution in [0.3, 0.4) is 0 Å². The number of hydrogen-bond acceptors (Lipinski definition) is 6. The minimum absolute atomic E-state index is 0.138. The van der Waals surface area contributed by atoms with Gasteiger partial charge in [0, 0.05) is 17.7 Å². The molecule has 0 amide bonds. The summed E-state index contributed by atoms with van der Waals surface area (Å²) in [7, 11) is -3.99. The summed E-state index contributed by atoms with van der Waals surface area (Å²) >= 11 is 0. The van der Waals surface area contributed by atoms with Gasteiger partial charge in [0.05, 0.1) is 9.82 Å². The summed E-state index contributed by atoms with van der Waals surface area (Å²) in [6.07, 6.45) is 6.06. The molecular formula is C13H14N4O4S. The second-order valence-corrected chi connectivity index (χ2v) is 6.90. The number of benzene rings is 1. The number of nitro benzene ring substituents is 1. The molecule has 3 rings (SSSR count). The first kappa shape index (κ1) is 14.7. The van der Waals surface area contributed by atoms with Crippen LogP contribution in [0, 0.1) is 22.0 Å². The van der Waals surface area contributed by atoms with Crippen LogP contribution in [0.15, 0.2) is 40.3 Å². The molecule has 0 aromatic heterocycles. The Bertz CT molecular complexity index is 800. The number of rotatable bonds is 4. The van der Waals surface area contributed by atoms with Crippen LogP contribution in [0.25, 0.3) is 0 Å². The van der Waals surface area contributed by atoms with Crippen molar-refractivity contribution < 1.29 is 13.3 Å². The Morgan fingerprint density at radius 1 is 1.41 bits per heavy atom. The normalized spacial score (nSPS) is 24.9. The molecule has 0 radical (unpaired) electrons. The smallest absolute Gasteiger partial charge is 0.272 e. The standard InChI is InChI=1S/C13H14N4O4S/c14-22(20,21)9-4-5-11(13(7-9)17(18)19)15-16-12-6-8-2-1-3-10(8)12/h1-2,4-5,7-8,10,15H,3,6H2,(H2,14,20,21)/b16-12-/t8-,10+/m1/s1. The number of primary sulfonamides is 1. The van der Waals surface area contributed by atoms with Crippen molar-refractivity contribution in [1.82, 2.24) is 0 Å². The molecule has 8 nitrogen and oxygen atoms in total. The van der Waals surface area contributed by atoms with Crippen LogP contribution >= 0.6 is 0 Å². The molecule has 1 aromatic carbocycles. The Morgan fingerprint density at radius 2 is 2.18 bits per heavy atom. The van der Waals surface area contributed by atoms with Gasteiger partial charge in [0.2, 0.25) is 10.0 Å². The molecule has 9 heteroatoms. The average Bonchev–Trinajstić information content (AvgIpc) is 2.79. The van der Waals surface area contributed by atoms with Crippen LogP contribution < -0.4 is 10.6 Å². The summed E-state index contributed by atoms with van der Waals surface area (Å²) in [5, 5.41) is 20.3. The highest BCUT2D eigenvalue weighted by molar-refractivity contribution is 7.89. The van der Waals surface area contributed by atoms with Crippen LogP contribution in [0.5, 0.6) is 0 Å². The monoisotopic (exact) mass is 322 g/mol. The van der Waals surface area contributed by atoms with Crippen molar-refractivity contribution in [3.05, 3.63) is 40.5 Å². The molecule has 0 heterocycles. The van der Waals surface area contributed by atoms with Crippen molar-refractivity contribution in [2.24, 2.45) is 22.1 Å². The van der Waals surface area contributed by atoms with Crippen molar-refractivity contribution in [3.8, 4) is 0 Å². The molecule has 0 saturated heterocycles. The van der Waals surface area contributed by atoms with Crippen LogP contribution in [0.2, 0.25) is 0 Å². The molecule has 2 atom stereocenters. The van der Waals surface area contributed by atoms with Gasteiger partial charge in [-0.05, 0) is 30.9 Å². The molecule has 116 valence electrons. The van der Waals surface area contributed by atoms with E-state index in [1.54, 1.807) is 0 Å². The maximum absolute atomic E-state index is 11.3. The van der Waals surface area contributed by atoms with Gasteiger partial charge in [0.25, 0.3) is 5.69 Å². The van der Waals surface area contributed by atoms with E-state index < -0.39 is 14.9 Å². The fourth-order valence-corrected chi connectivity index (χ4v) is 3.26. The Labute approximate surface area is 126 Å². The molecule has 2 aliphatic rings. The van der Waals surface area contributed by atoms with Gasteiger partial charge >= 0.3 is 0 Å². The summed E-state index contributed by atoms with van der Waals surface area (Å²) in [5.41, 5.74) is 3.40. The minimum Gasteiger partial charge on any atom is -0.272 e. The molecule has 0 unspecified atom stereocenters. The highest BCUT2D eigenvalue weighted by Gasteiger charge is 2.38. The number of nitrogens with one attached hydrogen (secondary N) is 1. The van der Waals surface area contributed by atoms with E-state index in [2.05, 4.69) is 22.7 Å². The lowest BCUT2D eigenvalue weighted by atomic mass is 9.74. The third kappa shape index (κ3) is 2.60. The number of nitro groups is 1. The van der Waals surface area contributed by atoms with Gasteiger partial charge in [-0.25, -0.2) is 13.6 Å². The number of nitrogens with zero attached hydrogens (tertiary/aromatic N) is 2. The molecule has 2 aliphatic carbocycles. The van der Waals surface area contributed by atoms with E-state index in [-0.39, 0.29) is 16.3 Å². The predicted molar refractivity (Wildman–Crippen MR) is 80.9 cm³/mol. The number of hydrogen-bond donors (Lipinski definition) is 2. The molecule has 0 bridgehead atoms. The highest BCUT2D eigenvalue weighted by Crippen LogP contribution is 2.40. The van der Waals surface area contributed by atoms with Crippen molar-refractivity contribution in [1.29, 1.82) is 0 Å². The van der Waals surface area contributed by atoms with Crippen LogP contribution in [0.1, 0.15) is 12.8 Å². The van der Waals surface area contributed by atoms with Crippen molar-refractivity contribution in [2.75, 3.05) is 5.43 Å². The first-order valence-corrected chi connectivity index (χ1v) is 8.21. The lowest BCUT2D eigenvalue weighted by Crippen LogP contribution is -2.33. The van der Waals surface area contributed by atoms with Gasteiger partial charge in [-0.15, -0.1) is 0 Å². The second kappa shape index (κ2) is 5.18. The summed E-state index contributed by atoms with van der Waals surface area (Å²) < 4.78 is 22.5. The summed E-state index contributed by atoms with van der Waals surface area (Å²) in [6, 6.07) is 3.44. The van der Waals surface area contributed by atoms with Gasteiger partial charge in [-0.1, -0.05) is 12.2 Å². The first-order valence-electron chi connectivity index (χ1n) is 6.66. The van der Waals surface area contributed by atoms with Gasteiger partial charge < -0.3 is 0 Å². The predicted octanol–water partition coefficient (Wildman–Crippen LogP) is 1.61. The zero-order valence-electron chi connectivity index (χ0n) is 11.5. The average molecular weight is 322 g/mol. The number of allylic oxidation sites excluding steroid dienone is 2. The summed E-state index contributed by atoms with van der Waals surface area (Å²) in [5.74, 6) is 0.913.